The number of aryl methyl sites for hydroxylation is 2. The Morgan fingerprint density at radius 2 is 1.94 bits per heavy atom. The second kappa shape index (κ2) is 9.95. The van der Waals surface area contributed by atoms with E-state index < -0.39 is 5.60 Å². The average molecular weight is 497 g/mol. The summed E-state index contributed by atoms with van der Waals surface area (Å²) in [5, 5.41) is 18.4. The second-order valence-electron chi connectivity index (χ2n) is 10.6. The van der Waals surface area contributed by atoms with Crippen molar-refractivity contribution in [2.45, 2.75) is 71.4 Å². The topological polar surface area (TPSA) is 105 Å². The highest BCUT2D eigenvalue weighted by atomic mass is 32.1. The number of hydrogen-bond acceptors (Lipinski definition) is 9. The van der Waals surface area contributed by atoms with E-state index in [0.29, 0.717) is 19.1 Å². The Labute approximate surface area is 211 Å². The fraction of sp³-hybridized carbons (Fsp3) is 0.615. The summed E-state index contributed by atoms with van der Waals surface area (Å²) >= 11 is 1.64. The summed E-state index contributed by atoms with van der Waals surface area (Å²) < 4.78 is 6.86. The molecule has 2 aliphatic rings. The van der Waals surface area contributed by atoms with E-state index in [1.807, 2.05) is 40.0 Å². The van der Waals surface area contributed by atoms with Crippen LogP contribution >= 0.6 is 11.3 Å². The van der Waals surface area contributed by atoms with Gasteiger partial charge in [0.25, 0.3) is 0 Å². The van der Waals surface area contributed by atoms with Crippen molar-refractivity contribution in [3.63, 3.8) is 0 Å². The molecule has 2 fully saturated rings. The molecule has 0 aliphatic heterocycles. The summed E-state index contributed by atoms with van der Waals surface area (Å²) in [4.78, 5) is 19.0. The SMILES string of the molecule is Cc1nc(NCCOCC2CC2)nc(NC2CCC(C(C)(C)O)C2)c1-c1nc2c(C)nccc2s1. The van der Waals surface area contributed by atoms with Crippen LogP contribution in [0.3, 0.4) is 0 Å². The summed E-state index contributed by atoms with van der Waals surface area (Å²) in [6.45, 7) is 9.98. The summed E-state index contributed by atoms with van der Waals surface area (Å²) in [5.41, 5.74) is 2.99. The van der Waals surface area contributed by atoms with Crippen LogP contribution < -0.4 is 10.6 Å². The molecule has 0 bridgehead atoms. The number of thiazole rings is 1. The van der Waals surface area contributed by atoms with Crippen molar-refractivity contribution < 1.29 is 9.84 Å². The molecule has 35 heavy (non-hydrogen) atoms. The van der Waals surface area contributed by atoms with Gasteiger partial charge in [-0.05, 0) is 77.7 Å². The van der Waals surface area contributed by atoms with E-state index in [4.69, 9.17) is 19.7 Å². The molecule has 2 atom stereocenters. The van der Waals surface area contributed by atoms with Crippen LogP contribution in [0.5, 0.6) is 0 Å². The van der Waals surface area contributed by atoms with Gasteiger partial charge in [0, 0.05) is 25.4 Å². The molecule has 0 aromatic carbocycles. The molecular weight excluding hydrogens is 460 g/mol. The van der Waals surface area contributed by atoms with Crippen LogP contribution in [0, 0.1) is 25.7 Å². The Bertz CT molecular complexity index is 1190. The minimum atomic E-state index is -0.675. The third-order valence-electron chi connectivity index (χ3n) is 7.15. The largest absolute Gasteiger partial charge is 0.390 e. The van der Waals surface area contributed by atoms with Gasteiger partial charge in [-0.2, -0.15) is 4.98 Å². The summed E-state index contributed by atoms with van der Waals surface area (Å²) in [6.07, 6.45) is 7.32. The van der Waals surface area contributed by atoms with Crippen molar-refractivity contribution in [3.05, 3.63) is 23.7 Å². The third-order valence-corrected chi connectivity index (χ3v) is 8.18. The van der Waals surface area contributed by atoms with Crippen LogP contribution in [0.1, 0.15) is 57.3 Å². The number of ether oxygens (including phenoxy) is 1. The first-order valence-corrected chi connectivity index (χ1v) is 13.5. The van der Waals surface area contributed by atoms with Crippen molar-refractivity contribution in [1.82, 2.24) is 19.9 Å². The lowest BCUT2D eigenvalue weighted by atomic mass is 9.89. The number of aliphatic hydroxyl groups is 1. The molecule has 2 unspecified atom stereocenters. The summed E-state index contributed by atoms with van der Waals surface area (Å²) in [7, 11) is 0. The third kappa shape index (κ3) is 5.73. The minimum absolute atomic E-state index is 0.243. The van der Waals surface area contributed by atoms with E-state index in [2.05, 4.69) is 15.6 Å². The van der Waals surface area contributed by atoms with Gasteiger partial charge in [-0.3, -0.25) is 4.98 Å². The fourth-order valence-electron chi connectivity index (χ4n) is 4.82. The summed E-state index contributed by atoms with van der Waals surface area (Å²) in [5.74, 6) is 2.42. The van der Waals surface area contributed by atoms with Crippen LogP contribution in [-0.4, -0.2) is 56.4 Å². The number of nitrogens with one attached hydrogen (secondary N) is 2. The molecule has 0 amide bonds. The van der Waals surface area contributed by atoms with E-state index in [9.17, 15) is 5.11 Å². The number of rotatable bonds is 10. The lowest BCUT2D eigenvalue weighted by Crippen LogP contribution is -2.30. The molecule has 2 aliphatic carbocycles. The lowest BCUT2D eigenvalue weighted by molar-refractivity contribution is 0.0197. The van der Waals surface area contributed by atoms with Gasteiger partial charge in [0.2, 0.25) is 5.95 Å². The Morgan fingerprint density at radius 1 is 1.11 bits per heavy atom. The van der Waals surface area contributed by atoms with E-state index in [1.54, 1.807) is 11.3 Å². The molecule has 0 spiro atoms. The van der Waals surface area contributed by atoms with Crippen molar-refractivity contribution in [2.75, 3.05) is 30.4 Å². The first-order valence-electron chi connectivity index (χ1n) is 12.7. The van der Waals surface area contributed by atoms with E-state index in [-0.39, 0.29) is 12.0 Å². The number of nitrogens with zero attached hydrogens (tertiary/aromatic N) is 4. The zero-order chi connectivity index (χ0) is 24.6. The van der Waals surface area contributed by atoms with Crippen LogP contribution in [0.15, 0.2) is 12.3 Å². The van der Waals surface area contributed by atoms with Gasteiger partial charge in [0.15, 0.2) is 0 Å². The zero-order valence-electron chi connectivity index (χ0n) is 21.1. The molecule has 3 heterocycles. The van der Waals surface area contributed by atoms with Crippen molar-refractivity contribution in [1.29, 1.82) is 0 Å². The van der Waals surface area contributed by atoms with Crippen molar-refractivity contribution in [3.8, 4) is 10.6 Å². The molecule has 5 rings (SSSR count). The van der Waals surface area contributed by atoms with E-state index in [0.717, 1.165) is 69.8 Å². The number of hydrogen-bond donors (Lipinski definition) is 3. The van der Waals surface area contributed by atoms with Crippen molar-refractivity contribution >= 4 is 33.3 Å². The fourth-order valence-corrected chi connectivity index (χ4v) is 5.93. The van der Waals surface area contributed by atoms with Gasteiger partial charge in [-0.25, -0.2) is 9.97 Å². The van der Waals surface area contributed by atoms with Crippen LogP contribution in [-0.2, 0) is 4.74 Å². The molecule has 3 aromatic rings. The Balaban J connectivity index is 1.40. The van der Waals surface area contributed by atoms with Gasteiger partial charge >= 0.3 is 0 Å². The van der Waals surface area contributed by atoms with Crippen LogP contribution in [0.2, 0.25) is 0 Å². The van der Waals surface area contributed by atoms with Crippen molar-refractivity contribution in [2.24, 2.45) is 11.8 Å². The van der Waals surface area contributed by atoms with E-state index in [1.165, 1.54) is 12.8 Å². The first kappa shape index (κ1) is 24.3. The maximum absolute atomic E-state index is 10.5. The molecule has 8 nitrogen and oxygen atoms in total. The highest BCUT2D eigenvalue weighted by Crippen LogP contribution is 2.40. The highest BCUT2D eigenvalue weighted by molar-refractivity contribution is 7.21. The molecular formula is C26H36N6O2S. The van der Waals surface area contributed by atoms with Gasteiger partial charge in [0.05, 0.1) is 33.9 Å². The quantitative estimate of drug-likeness (QED) is 0.339. The van der Waals surface area contributed by atoms with Crippen LogP contribution in [0.4, 0.5) is 11.8 Å². The summed E-state index contributed by atoms with van der Waals surface area (Å²) in [6, 6.07) is 2.25. The Hall–Kier alpha value is -2.36. The van der Waals surface area contributed by atoms with Crippen LogP contribution in [0.25, 0.3) is 20.8 Å². The normalized spacial score (nSPS) is 20.5. The lowest BCUT2D eigenvalue weighted by Gasteiger charge is -2.25. The molecule has 188 valence electrons. The monoisotopic (exact) mass is 496 g/mol. The molecule has 2 saturated carbocycles. The molecule has 9 heteroatoms. The first-order chi connectivity index (χ1) is 16.8. The molecule has 3 N–H and O–H groups in total. The predicted octanol–water partition coefficient (Wildman–Crippen LogP) is 4.96. The van der Waals surface area contributed by atoms with Gasteiger partial charge in [0.1, 0.15) is 16.3 Å². The molecule has 0 radical (unpaired) electrons. The Kier molecular flexibility index (Phi) is 6.92. The molecule has 0 saturated heterocycles. The maximum atomic E-state index is 10.5. The average Bonchev–Trinajstić information content (AvgIpc) is 3.30. The van der Waals surface area contributed by atoms with E-state index >= 15 is 0 Å². The number of aromatic nitrogens is 4. The predicted molar refractivity (Wildman–Crippen MR) is 141 cm³/mol. The molecule has 3 aromatic heterocycles. The van der Waals surface area contributed by atoms with Gasteiger partial charge in [-0.15, -0.1) is 11.3 Å². The smallest absolute Gasteiger partial charge is 0.224 e. The second-order valence-corrected chi connectivity index (χ2v) is 11.6. The van der Waals surface area contributed by atoms with Gasteiger partial charge in [-0.1, -0.05) is 0 Å². The van der Waals surface area contributed by atoms with Gasteiger partial charge < -0.3 is 20.5 Å². The number of pyridine rings is 1. The highest BCUT2D eigenvalue weighted by Gasteiger charge is 2.35. The standard InChI is InChI=1S/C26H36N6O2S/c1-15-21(24-31-22-16(2)27-10-9-20(22)35-24)23(30-19-8-7-18(13-19)26(3,4)33)32-25(29-15)28-11-12-34-14-17-5-6-17/h9-10,17-19,33H,5-8,11-14H2,1-4H3,(H2,28,29,30,32). The number of anilines is 2. The number of fused-ring (bicyclic) bond motifs is 1. The minimum Gasteiger partial charge on any atom is -0.390 e. The Morgan fingerprint density at radius 3 is 2.66 bits per heavy atom. The maximum Gasteiger partial charge on any atom is 0.224 e. The zero-order valence-corrected chi connectivity index (χ0v) is 21.9.